The number of hydrogen-bond donors (Lipinski definition) is 1. The molecule has 1 aliphatic heterocycles. The molecule has 0 spiro atoms. The van der Waals surface area contributed by atoms with Gasteiger partial charge >= 0.3 is 0 Å². The molecule has 2 N–H and O–H groups in total. The molecular formula is C15H25N5O. The predicted molar refractivity (Wildman–Crippen MR) is 79.3 cm³/mol. The highest BCUT2D eigenvalue weighted by Crippen LogP contribution is 2.31. The number of carbonyl (C=O) groups excluding carboxylic acids is 1. The first kappa shape index (κ1) is 14.5. The van der Waals surface area contributed by atoms with Crippen LogP contribution in [0.5, 0.6) is 0 Å². The van der Waals surface area contributed by atoms with Gasteiger partial charge in [0.05, 0.1) is 6.54 Å². The average molecular weight is 291 g/mol. The molecule has 0 bridgehead atoms. The molecule has 1 aliphatic carbocycles. The van der Waals surface area contributed by atoms with Gasteiger partial charge in [0.15, 0.2) is 5.82 Å². The largest absolute Gasteiger partial charge is 0.338 e. The number of aromatic nitrogens is 3. The van der Waals surface area contributed by atoms with Crippen LogP contribution in [0.1, 0.15) is 43.8 Å². The Hall–Kier alpha value is -1.43. The highest BCUT2D eigenvalue weighted by Gasteiger charge is 2.32. The van der Waals surface area contributed by atoms with Crippen molar-refractivity contribution in [2.75, 3.05) is 13.6 Å². The molecule has 1 amide bonds. The number of aryl methyl sites for hydroxylation is 1. The fraction of sp³-hybridized carbons (Fsp3) is 0.800. The zero-order chi connectivity index (χ0) is 14.8. The van der Waals surface area contributed by atoms with E-state index in [1.165, 1.54) is 6.42 Å². The molecule has 6 nitrogen and oxygen atoms in total. The fourth-order valence-corrected chi connectivity index (χ4v) is 3.72. The van der Waals surface area contributed by atoms with Gasteiger partial charge in [-0.05, 0) is 31.7 Å². The van der Waals surface area contributed by atoms with Gasteiger partial charge in [-0.3, -0.25) is 4.79 Å². The van der Waals surface area contributed by atoms with Gasteiger partial charge < -0.3 is 15.2 Å². The van der Waals surface area contributed by atoms with Crippen molar-refractivity contribution >= 4 is 5.91 Å². The summed E-state index contributed by atoms with van der Waals surface area (Å²) in [5, 5.41) is 8.45. The molecule has 3 rings (SSSR count). The minimum Gasteiger partial charge on any atom is -0.338 e. The molecule has 21 heavy (non-hydrogen) atoms. The number of nitrogens with two attached hydrogens (primary N) is 1. The summed E-state index contributed by atoms with van der Waals surface area (Å²) in [6, 6.07) is 0. The van der Waals surface area contributed by atoms with Crippen LogP contribution in [0.2, 0.25) is 0 Å². The second-order valence-corrected chi connectivity index (χ2v) is 6.37. The van der Waals surface area contributed by atoms with Gasteiger partial charge in [0.2, 0.25) is 5.91 Å². The van der Waals surface area contributed by atoms with E-state index >= 15 is 0 Å². The van der Waals surface area contributed by atoms with Crippen molar-refractivity contribution in [3.8, 4) is 0 Å². The summed E-state index contributed by atoms with van der Waals surface area (Å²) in [5.41, 5.74) is 5.84. The SMILES string of the molecule is CN(Cc1nnc2n1CCC2)C(=O)C1CCCCC1CN. The number of hydrogen-bond acceptors (Lipinski definition) is 4. The third kappa shape index (κ3) is 2.81. The summed E-state index contributed by atoms with van der Waals surface area (Å²) < 4.78 is 2.16. The first-order chi connectivity index (χ1) is 10.2. The Morgan fingerprint density at radius 1 is 1.33 bits per heavy atom. The first-order valence-corrected chi connectivity index (χ1v) is 8.06. The molecule has 1 saturated carbocycles. The monoisotopic (exact) mass is 291 g/mol. The van der Waals surface area contributed by atoms with Gasteiger partial charge in [-0.2, -0.15) is 0 Å². The van der Waals surface area contributed by atoms with Crippen molar-refractivity contribution in [3.63, 3.8) is 0 Å². The van der Waals surface area contributed by atoms with Crippen LogP contribution in [0.4, 0.5) is 0 Å². The Kier molecular flexibility index (Phi) is 4.24. The lowest BCUT2D eigenvalue weighted by Crippen LogP contribution is -2.40. The van der Waals surface area contributed by atoms with Gasteiger partial charge in [-0.1, -0.05) is 12.8 Å². The standard InChI is InChI=1S/C15H25N5O/c1-19(10-14-18-17-13-7-4-8-20(13)14)15(21)12-6-3-2-5-11(12)9-16/h11-12H,2-10,16H2,1H3. The van der Waals surface area contributed by atoms with E-state index in [4.69, 9.17) is 5.73 Å². The van der Waals surface area contributed by atoms with Gasteiger partial charge in [0, 0.05) is 25.9 Å². The van der Waals surface area contributed by atoms with Crippen molar-refractivity contribution in [2.24, 2.45) is 17.6 Å². The summed E-state index contributed by atoms with van der Waals surface area (Å²) >= 11 is 0. The van der Waals surface area contributed by atoms with Crippen molar-refractivity contribution in [2.45, 2.75) is 51.6 Å². The first-order valence-electron chi connectivity index (χ1n) is 8.06. The van der Waals surface area contributed by atoms with Crippen LogP contribution in [-0.2, 0) is 24.3 Å². The topological polar surface area (TPSA) is 77.0 Å². The highest BCUT2D eigenvalue weighted by atomic mass is 16.2. The Morgan fingerprint density at radius 3 is 2.95 bits per heavy atom. The van der Waals surface area contributed by atoms with Gasteiger partial charge in [0.1, 0.15) is 5.82 Å². The average Bonchev–Trinajstić information content (AvgIpc) is 3.11. The number of rotatable bonds is 4. The zero-order valence-electron chi connectivity index (χ0n) is 12.8. The van der Waals surface area contributed by atoms with Crippen LogP contribution in [0, 0.1) is 11.8 Å². The quantitative estimate of drug-likeness (QED) is 0.896. The molecule has 6 heteroatoms. The number of fused-ring (bicyclic) bond motifs is 1. The summed E-state index contributed by atoms with van der Waals surface area (Å²) in [6.45, 7) is 2.15. The predicted octanol–water partition coefficient (Wildman–Crippen LogP) is 0.948. The van der Waals surface area contributed by atoms with Crippen molar-refractivity contribution < 1.29 is 4.79 Å². The minimum absolute atomic E-state index is 0.0923. The number of amides is 1. The fourth-order valence-electron chi connectivity index (χ4n) is 3.72. The van der Waals surface area contributed by atoms with Crippen LogP contribution in [0.25, 0.3) is 0 Å². The van der Waals surface area contributed by atoms with Crippen molar-refractivity contribution in [1.82, 2.24) is 19.7 Å². The molecule has 0 saturated heterocycles. The molecular weight excluding hydrogens is 266 g/mol. The molecule has 0 aromatic carbocycles. The Morgan fingerprint density at radius 2 is 2.14 bits per heavy atom. The molecule has 1 fully saturated rings. The Labute approximate surface area is 125 Å². The summed E-state index contributed by atoms with van der Waals surface area (Å²) in [6.07, 6.45) is 6.54. The molecule has 1 aromatic rings. The van der Waals surface area contributed by atoms with Crippen LogP contribution in [0.3, 0.4) is 0 Å². The second kappa shape index (κ2) is 6.13. The van der Waals surface area contributed by atoms with Gasteiger partial charge in [-0.25, -0.2) is 0 Å². The molecule has 2 unspecified atom stereocenters. The van der Waals surface area contributed by atoms with Crippen LogP contribution >= 0.6 is 0 Å². The van der Waals surface area contributed by atoms with E-state index in [-0.39, 0.29) is 11.8 Å². The van der Waals surface area contributed by atoms with E-state index in [0.717, 1.165) is 50.3 Å². The maximum Gasteiger partial charge on any atom is 0.226 e. The van der Waals surface area contributed by atoms with Gasteiger partial charge in [-0.15, -0.1) is 10.2 Å². The van der Waals surface area contributed by atoms with E-state index in [1.54, 1.807) is 0 Å². The third-order valence-electron chi connectivity index (χ3n) is 4.97. The van der Waals surface area contributed by atoms with E-state index in [0.29, 0.717) is 19.0 Å². The van der Waals surface area contributed by atoms with E-state index in [2.05, 4.69) is 14.8 Å². The normalized spacial score (nSPS) is 24.9. The van der Waals surface area contributed by atoms with E-state index in [1.807, 2.05) is 11.9 Å². The van der Waals surface area contributed by atoms with Crippen molar-refractivity contribution in [1.29, 1.82) is 0 Å². The molecule has 0 radical (unpaired) electrons. The lowest BCUT2D eigenvalue weighted by Gasteiger charge is -2.32. The van der Waals surface area contributed by atoms with Crippen LogP contribution < -0.4 is 5.73 Å². The van der Waals surface area contributed by atoms with Gasteiger partial charge in [0.25, 0.3) is 0 Å². The smallest absolute Gasteiger partial charge is 0.226 e. The maximum absolute atomic E-state index is 12.7. The summed E-state index contributed by atoms with van der Waals surface area (Å²) in [7, 11) is 1.88. The lowest BCUT2D eigenvalue weighted by atomic mass is 9.78. The van der Waals surface area contributed by atoms with Crippen LogP contribution in [-0.4, -0.2) is 39.2 Å². The summed E-state index contributed by atoms with van der Waals surface area (Å²) in [5.74, 6) is 2.63. The minimum atomic E-state index is 0.0923. The molecule has 116 valence electrons. The third-order valence-corrected chi connectivity index (χ3v) is 4.97. The van der Waals surface area contributed by atoms with Crippen molar-refractivity contribution in [3.05, 3.63) is 11.6 Å². The lowest BCUT2D eigenvalue weighted by molar-refractivity contribution is -0.137. The second-order valence-electron chi connectivity index (χ2n) is 6.37. The Balaban J connectivity index is 1.66. The molecule has 2 aliphatic rings. The highest BCUT2D eigenvalue weighted by molar-refractivity contribution is 5.79. The number of nitrogens with zero attached hydrogens (tertiary/aromatic N) is 4. The van der Waals surface area contributed by atoms with E-state index < -0.39 is 0 Å². The zero-order valence-corrected chi connectivity index (χ0v) is 12.8. The maximum atomic E-state index is 12.7. The molecule has 2 atom stereocenters. The molecule has 1 aromatic heterocycles. The molecule has 2 heterocycles. The summed E-state index contributed by atoms with van der Waals surface area (Å²) in [4.78, 5) is 14.5. The van der Waals surface area contributed by atoms with E-state index in [9.17, 15) is 4.79 Å². The van der Waals surface area contributed by atoms with Crippen LogP contribution in [0.15, 0.2) is 0 Å². The Bertz CT molecular complexity index is 512. The number of carbonyl (C=O) groups is 1.